The van der Waals surface area contributed by atoms with Gasteiger partial charge in [-0.05, 0) is 39.3 Å². The molecule has 160 valence electrons. The van der Waals surface area contributed by atoms with Crippen molar-refractivity contribution in [1.29, 1.82) is 0 Å². The summed E-state index contributed by atoms with van der Waals surface area (Å²) >= 11 is 1.69. The molecule has 4 aromatic rings. The van der Waals surface area contributed by atoms with Crippen molar-refractivity contribution in [3.8, 4) is 10.6 Å². The highest BCUT2D eigenvalue weighted by Crippen LogP contribution is 2.27. The zero-order chi connectivity index (χ0) is 22.3. The van der Waals surface area contributed by atoms with Crippen molar-refractivity contribution in [3.05, 3.63) is 67.1 Å². The molecule has 0 saturated carbocycles. The van der Waals surface area contributed by atoms with Gasteiger partial charge in [0, 0.05) is 30.6 Å². The Morgan fingerprint density at radius 3 is 2.23 bits per heavy atom. The van der Waals surface area contributed by atoms with Crippen LogP contribution in [0.15, 0.2) is 33.9 Å². The Kier molecular flexibility index (Phi) is 5.49. The highest BCUT2D eigenvalue weighted by Gasteiger charge is 2.17. The van der Waals surface area contributed by atoms with E-state index in [4.69, 9.17) is 0 Å². The first-order valence-electron chi connectivity index (χ1n) is 10.3. The van der Waals surface area contributed by atoms with Crippen LogP contribution in [-0.4, -0.2) is 23.7 Å². The molecule has 8 heteroatoms. The fraction of sp³-hybridized carbons (Fsp3) is 0.304. The minimum absolute atomic E-state index is 0.305. The van der Waals surface area contributed by atoms with Crippen LogP contribution >= 0.6 is 11.3 Å². The van der Waals surface area contributed by atoms with Crippen LogP contribution in [0.3, 0.4) is 0 Å². The molecule has 4 rings (SSSR count). The molecule has 3 heterocycles. The normalized spacial score (nSPS) is 11.8. The number of thiazole rings is 1. The highest BCUT2D eigenvalue weighted by molar-refractivity contribution is 7.15. The van der Waals surface area contributed by atoms with E-state index in [0.29, 0.717) is 30.1 Å². The molecule has 0 aliphatic rings. The lowest BCUT2D eigenvalue weighted by molar-refractivity contribution is 0.604. The number of aromatic nitrogens is 5. The lowest BCUT2D eigenvalue weighted by Gasteiger charge is -2.08. The second-order valence-electron chi connectivity index (χ2n) is 7.39. The predicted octanol–water partition coefficient (Wildman–Crippen LogP) is 3.85. The summed E-state index contributed by atoms with van der Waals surface area (Å²) in [5.74, 6) is 0.623. The number of benzene rings is 1. The lowest BCUT2D eigenvalue weighted by atomic mass is 10.1. The molecule has 0 saturated heterocycles. The summed E-state index contributed by atoms with van der Waals surface area (Å²) in [6, 6.07) is 8.18. The number of hydrogen-bond donors (Lipinski definition) is 0. The first-order valence-corrected chi connectivity index (χ1v) is 11.1. The van der Waals surface area contributed by atoms with Gasteiger partial charge in [0.2, 0.25) is 0 Å². The van der Waals surface area contributed by atoms with Crippen LogP contribution < -0.4 is 11.2 Å². The molecule has 0 fully saturated rings. The van der Waals surface area contributed by atoms with Crippen LogP contribution in [0.2, 0.25) is 0 Å². The van der Waals surface area contributed by atoms with Crippen LogP contribution in [-0.2, 0) is 20.1 Å². The SMILES string of the molecule is CCn1c(=O)c2c(nc(/C=C/c3ccc(-c4nc(C)c(C)s4)cc3)n2C)n(CC)c1=O. The molecule has 31 heavy (non-hydrogen) atoms. The summed E-state index contributed by atoms with van der Waals surface area (Å²) in [6.07, 6.45) is 3.82. The molecule has 0 spiro atoms. The third-order valence-corrected chi connectivity index (χ3v) is 6.64. The van der Waals surface area contributed by atoms with Gasteiger partial charge in [-0.2, -0.15) is 0 Å². The molecule has 0 radical (unpaired) electrons. The predicted molar refractivity (Wildman–Crippen MR) is 127 cm³/mol. The van der Waals surface area contributed by atoms with Crippen LogP contribution in [0.1, 0.15) is 35.8 Å². The Bertz CT molecular complexity index is 1400. The van der Waals surface area contributed by atoms with Gasteiger partial charge in [0.1, 0.15) is 10.8 Å². The van der Waals surface area contributed by atoms with Crippen LogP contribution in [0.25, 0.3) is 33.9 Å². The fourth-order valence-electron chi connectivity index (χ4n) is 3.60. The molecule has 0 unspecified atom stereocenters. The molecule has 0 bridgehead atoms. The van der Waals surface area contributed by atoms with Crippen molar-refractivity contribution in [3.63, 3.8) is 0 Å². The van der Waals surface area contributed by atoms with E-state index in [2.05, 4.69) is 29.0 Å². The smallest absolute Gasteiger partial charge is 0.322 e. The quantitative estimate of drug-likeness (QED) is 0.477. The molecule has 0 aliphatic carbocycles. The van der Waals surface area contributed by atoms with Crippen molar-refractivity contribution in [1.82, 2.24) is 23.7 Å². The van der Waals surface area contributed by atoms with E-state index in [9.17, 15) is 9.59 Å². The maximum Gasteiger partial charge on any atom is 0.332 e. The van der Waals surface area contributed by atoms with Crippen molar-refractivity contribution in [2.75, 3.05) is 0 Å². The Labute approximate surface area is 184 Å². The van der Waals surface area contributed by atoms with E-state index in [1.165, 1.54) is 9.44 Å². The first-order chi connectivity index (χ1) is 14.8. The van der Waals surface area contributed by atoms with E-state index in [1.807, 2.05) is 38.1 Å². The zero-order valence-corrected chi connectivity index (χ0v) is 19.2. The van der Waals surface area contributed by atoms with E-state index in [1.54, 1.807) is 34.4 Å². The summed E-state index contributed by atoms with van der Waals surface area (Å²) < 4.78 is 4.55. The van der Waals surface area contributed by atoms with Crippen molar-refractivity contribution in [2.24, 2.45) is 7.05 Å². The third-order valence-electron chi connectivity index (χ3n) is 5.52. The largest absolute Gasteiger partial charge is 0.332 e. The zero-order valence-electron chi connectivity index (χ0n) is 18.3. The van der Waals surface area contributed by atoms with E-state index < -0.39 is 0 Å². The molecule has 3 aromatic heterocycles. The number of nitrogens with zero attached hydrogens (tertiary/aromatic N) is 5. The average molecular weight is 436 g/mol. The van der Waals surface area contributed by atoms with Gasteiger partial charge >= 0.3 is 5.69 Å². The topological polar surface area (TPSA) is 74.7 Å². The summed E-state index contributed by atoms with van der Waals surface area (Å²) in [4.78, 5) is 35.8. The Balaban J connectivity index is 1.71. The summed E-state index contributed by atoms with van der Waals surface area (Å²) in [5.41, 5.74) is 3.41. The molecule has 0 aliphatic heterocycles. The molecule has 7 nitrogen and oxygen atoms in total. The molecule has 0 atom stereocenters. The van der Waals surface area contributed by atoms with Crippen LogP contribution in [0.5, 0.6) is 0 Å². The van der Waals surface area contributed by atoms with E-state index >= 15 is 0 Å². The molecule has 1 aromatic carbocycles. The van der Waals surface area contributed by atoms with Crippen LogP contribution in [0, 0.1) is 13.8 Å². The van der Waals surface area contributed by atoms with E-state index in [-0.39, 0.29) is 11.2 Å². The van der Waals surface area contributed by atoms with Gasteiger partial charge in [0.25, 0.3) is 5.56 Å². The van der Waals surface area contributed by atoms with Gasteiger partial charge in [0.05, 0.1) is 5.69 Å². The number of rotatable bonds is 5. The summed E-state index contributed by atoms with van der Waals surface area (Å²) in [5, 5.41) is 1.02. The third kappa shape index (κ3) is 3.57. The minimum atomic E-state index is -0.320. The molecule has 0 amide bonds. The van der Waals surface area contributed by atoms with Gasteiger partial charge in [-0.15, -0.1) is 11.3 Å². The summed E-state index contributed by atoms with van der Waals surface area (Å²) in [6.45, 7) is 8.56. The van der Waals surface area contributed by atoms with Gasteiger partial charge in [-0.3, -0.25) is 13.9 Å². The summed E-state index contributed by atoms with van der Waals surface area (Å²) in [7, 11) is 1.80. The molecule has 0 N–H and O–H groups in total. The maximum atomic E-state index is 12.8. The van der Waals surface area contributed by atoms with Crippen molar-refractivity contribution >= 4 is 34.7 Å². The fourth-order valence-corrected chi connectivity index (χ4v) is 4.52. The average Bonchev–Trinajstić information content (AvgIpc) is 3.26. The standard InChI is InChI=1S/C23H25N5O2S/c1-6-27-20-19(22(29)28(7-2)23(27)30)26(5)18(25-20)13-10-16-8-11-17(12-9-16)21-24-14(3)15(4)31-21/h8-13H,6-7H2,1-5H3/b13-10+. The first kappa shape index (κ1) is 21.0. The van der Waals surface area contributed by atoms with Crippen molar-refractivity contribution < 1.29 is 0 Å². The van der Waals surface area contributed by atoms with Crippen molar-refractivity contribution in [2.45, 2.75) is 40.8 Å². The maximum absolute atomic E-state index is 12.8. The molecular formula is C23H25N5O2S. The number of hydrogen-bond acceptors (Lipinski definition) is 5. The Morgan fingerprint density at radius 2 is 1.65 bits per heavy atom. The Morgan fingerprint density at radius 1 is 0.968 bits per heavy atom. The number of fused-ring (bicyclic) bond motifs is 1. The lowest BCUT2D eigenvalue weighted by Crippen LogP contribution is -2.39. The van der Waals surface area contributed by atoms with Gasteiger partial charge in [0.15, 0.2) is 11.2 Å². The van der Waals surface area contributed by atoms with E-state index in [0.717, 1.165) is 21.8 Å². The van der Waals surface area contributed by atoms with Gasteiger partial charge in [-0.25, -0.2) is 14.8 Å². The van der Waals surface area contributed by atoms with Gasteiger partial charge < -0.3 is 4.57 Å². The second kappa shape index (κ2) is 8.11. The van der Waals surface area contributed by atoms with Gasteiger partial charge in [-0.1, -0.05) is 30.3 Å². The molecular weight excluding hydrogens is 410 g/mol. The van der Waals surface area contributed by atoms with Crippen LogP contribution in [0.4, 0.5) is 0 Å². The number of aryl methyl sites for hydroxylation is 4. The monoisotopic (exact) mass is 435 g/mol. The second-order valence-corrected chi connectivity index (χ2v) is 8.60. The Hall–Kier alpha value is -3.26. The highest BCUT2D eigenvalue weighted by atomic mass is 32.1. The minimum Gasteiger partial charge on any atom is -0.322 e. The number of imidazole rings is 1.